The molecule has 6 amide bonds. The fraction of sp³-hybridized carbons (Fsp3) is 0.531. The molecule has 1 heterocycles. The fourth-order valence-corrected chi connectivity index (χ4v) is 9.97. The molecule has 16 heteroatoms. The van der Waals surface area contributed by atoms with Gasteiger partial charge in [0.1, 0.15) is 41.6 Å². The minimum absolute atomic E-state index is 0.0106. The number of phenolic OH excluding ortho intramolecular Hbond substituents is 1. The third-order valence-corrected chi connectivity index (χ3v) is 12.8. The van der Waals surface area contributed by atoms with Crippen LogP contribution in [0.1, 0.15) is 90.2 Å². The van der Waals surface area contributed by atoms with Crippen molar-refractivity contribution in [2.75, 3.05) is 13.6 Å². The molecule has 1 aliphatic heterocycles. The van der Waals surface area contributed by atoms with Gasteiger partial charge in [-0.15, -0.1) is 0 Å². The second-order valence-corrected chi connectivity index (χ2v) is 19.0. The Hall–Kier alpha value is -6.19. The molecule has 0 spiro atoms. The second kappa shape index (κ2) is 21.7. The van der Waals surface area contributed by atoms with Gasteiger partial charge in [-0.3, -0.25) is 28.8 Å². The number of benzene rings is 2. The van der Waals surface area contributed by atoms with Crippen molar-refractivity contribution in [3.8, 4) is 5.75 Å². The average molecular weight is 896 g/mol. The van der Waals surface area contributed by atoms with Crippen LogP contribution in [0.15, 0.2) is 78.6 Å². The molecule has 7 N–H and O–H groups in total. The van der Waals surface area contributed by atoms with E-state index < -0.39 is 83.8 Å². The molecular weight excluding hydrogens is 831 g/mol. The van der Waals surface area contributed by atoms with Crippen LogP contribution in [0.5, 0.6) is 5.75 Å². The standard InChI is InChI=1S/C49H65N7O9/c1-29(2)18-41(48(64)65-49-24-34-19-35(25-49)21-36(20-34)26-49)55-47(63)39(22-32-10-7-6-8-11-32)53-42(58)27-50-43(59)30(3)52-46(62)40(23-33-13-15-38(57)16-14-33)54-44(60)31(4)51-45(61)37-12-9-17-56(5)28-37/h6-11,13-17,28-31,34-36,39-41,57H,12,18-27H2,1-5H3,(H,50,59)(H,51,61)(H,52,62)(H,53,58)(H,54,60)(H,55,63)/t30-,31+,34?,35?,36?,39+,40+,41-,49?/m1/s1. The highest BCUT2D eigenvalue weighted by Crippen LogP contribution is 2.57. The van der Waals surface area contributed by atoms with E-state index in [-0.39, 0.29) is 24.5 Å². The summed E-state index contributed by atoms with van der Waals surface area (Å²) in [5.74, 6) is -2.42. The number of allylic oxidation sites excluding steroid dienone is 1. The first-order valence-electron chi connectivity index (χ1n) is 22.9. The van der Waals surface area contributed by atoms with Crippen molar-refractivity contribution >= 4 is 41.4 Å². The SMILES string of the molecule is CC(C)C[C@@H](NC(=O)[C@H](Cc1ccccc1)NC(=O)CNC(=O)[C@@H](C)NC(=O)[C@H](Cc1ccc(O)cc1)NC(=O)[C@H](C)NC(=O)C1=CN(C)C=CC1)C(=O)OC12CC3CC(CC(C3)C1)C2. The lowest BCUT2D eigenvalue weighted by molar-refractivity contribution is -0.189. The Morgan fingerprint density at radius 1 is 0.692 bits per heavy atom. The predicted molar refractivity (Wildman–Crippen MR) is 242 cm³/mol. The molecule has 65 heavy (non-hydrogen) atoms. The topological polar surface area (TPSA) is 224 Å². The number of phenols is 1. The lowest BCUT2D eigenvalue weighted by Crippen LogP contribution is -2.58. The molecule has 0 saturated heterocycles. The summed E-state index contributed by atoms with van der Waals surface area (Å²) >= 11 is 0. The van der Waals surface area contributed by atoms with Crippen molar-refractivity contribution in [3.63, 3.8) is 0 Å². The van der Waals surface area contributed by atoms with Gasteiger partial charge in [-0.25, -0.2) is 4.79 Å². The summed E-state index contributed by atoms with van der Waals surface area (Å²) in [7, 11) is 1.78. The highest BCUT2D eigenvalue weighted by atomic mass is 16.6. The van der Waals surface area contributed by atoms with E-state index in [1.54, 1.807) is 30.3 Å². The maximum absolute atomic E-state index is 14.0. The number of carbonyl (C=O) groups excluding carboxylic acids is 7. The molecular formula is C49H65N7O9. The normalized spacial score (nSPS) is 22.9. The zero-order chi connectivity index (χ0) is 46.8. The maximum atomic E-state index is 14.0. The predicted octanol–water partition coefficient (Wildman–Crippen LogP) is 3.05. The van der Waals surface area contributed by atoms with Gasteiger partial charge in [0.15, 0.2) is 0 Å². The van der Waals surface area contributed by atoms with Crippen LogP contribution < -0.4 is 31.9 Å². The number of rotatable bonds is 20. The molecule has 4 fully saturated rings. The van der Waals surface area contributed by atoms with Gasteiger partial charge in [0.2, 0.25) is 35.4 Å². The molecule has 7 rings (SSSR count). The summed E-state index contributed by atoms with van der Waals surface area (Å²) < 4.78 is 6.36. The molecule has 5 aliphatic rings. The Morgan fingerprint density at radius 3 is 1.85 bits per heavy atom. The Labute approximate surface area is 381 Å². The van der Waals surface area contributed by atoms with Gasteiger partial charge in [0, 0.05) is 31.7 Å². The van der Waals surface area contributed by atoms with Crippen molar-refractivity contribution in [3.05, 3.63) is 89.8 Å². The van der Waals surface area contributed by atoms with E-state index in [4.69, 9.17) is 4.74 Å². The number of hydrogen-bond acceptors (Lipinski definition) is 10. The Bertz CT molecular complexity index is 2090. The van der Waals surface area contributed by atoms with Crippen molar-refractivity contribution in [2.24, 2.45) is 23.7 Å². The van der Waals surface area contributed by atoms with Crippen molar-refractivity contribution in [2.45, 2.75) is 128 Å². The van der Waals surface area contributed by atoms with Crippen LogP contribution in [0.4, 0.5) is 0 Å². The van der Waals surface area contributed by atoms with Gasteiger partial charge < -0.3 is 46.6 Å². The first kappa shape index (κ1) is 48.3. The summed E-state index contributed by atoms with van der Waals surface area (Å²) in [5, 5.41) is 25.9. The summed E-state index contributed by atoms with van der Waals surface area (Å²) in [6.45, 7) is 6.31. The van der Waals surface area contributed by atoms with Gasteiger partial charge >= 0.3 is 5.97 Å². The van der Waals surface area contributed by atoms with Crippen LogP contribution in [0, 0.1) is 23.7 Å². The molecule has 5 atom stereocenters. The molecule has 4 aliphatic carbocycles. The van der Waals surface area contributed by atoms with Gasteiger partial charge in [0.05, 0.1) is 6.54 Å². The lowest BCUT2D eigenvalue weighted by atomic mass is 9.54. The number of esters is 1. The molecule has 4 saturated carbocycles. The monoisotopic (exact) mass is 895 g/mol. The van der Waals surface area contributed by atoms with Crippen LogP contribution in [-0.4, -0.2) is 101 Å². The maximum Gasteiger partial charge on any atom is 0.329 e. The van der Waals surface area contributed by atoms with Crippen LogP contribution in [-0.2, 0) is 51.1 Å². The summed E-state index contributed by atoms with van der Waals surface area (Å²) in [6.07, 6.45) is 12.3. The van der Waals surface area contributed by atoms with Gasteiger partial charge in [0.25, 0.3) is 0 Å². The minimum atomic E-state index is -1.20. The molecule has 0 unspecified atom stereocenters. The fourth-order valence-electron chi connectivity index (χ4n) is 9.97. The smallest absolute Gasteiger partial charge is 0.329 e. The number of nitrogens with zero attached hydrogens (tertiary/aromatic N) is 1. The Balaban J connectivity index is 1.05. The number of hydrogen-bond donors (Lipinski definition) is 7. The van der Waals surface area contributed by atoms with Crippen molar-refractivity contribution in [1.29, 1.82) is 0 Å². The molecule has 4 bridgehead atoms. The number of amides is 6. The number of ether oxygens (including phenoxy) is 1. The van der Waals surface area contributed by atoms with E-state index in [0.717, 1.165) is 24.8 Å². The second-order valence-electron chi connectivity index (χ2n) is 19.0. The van der Waals surface area contributed by atoms with Crippen molar-refractivity contribution in [1.82, 2.24) is 36.8 Å². The lowest BCUT2D eigenvalue weighted by Gasteiger charge is -2.55. The first-order chi connectivity index (χ1) is 30.9. The minimum Gasteiger partial charge on any atom is -0.508 e. The van der Waals surface area contributed by atoms with Crippen LogP contribution in [0.2, 0.25) is 0 Å². The van der Waals surface area contributed by atoms with Gasteiger partial charge in [-0.1, -0.05) is 62.4 Å². The highest BCUT2D eigenvalue weighted by Gasteiger charge is 2.53. The quantitative estimate of drug-likeness (QED) is 0.0963. The molecule has 2 aromatic rings. The van der Waals surface area contributed by atoms with Gasteiger partial charge in [-0.2, -0.15) is 0 Å². The van der Waals surface area contributed by atoms with Crippen LogP contribution in [0.25, 0.3) is 0 Å². The summed E-state index contributed by atoms with van der Waals surface area (Å²) in [5.41, 5.74) is 1.33. The largest absolute Gasteiger partial charge is 0.508 e. The average Bonchev–Trinajstić information content (AvgIpc) is 3.25. The number of nitrogens with one attached hydrogen (secondary N) is 6. The first-order valence-corrected chi connectivity index (χ1v) is 22.9. The number of aromatic hydroxyl groups is 1. The molecule has 0 aromatic heterocycles. The van der Waals surface area contributed by atoms with Crippen LogP contribution >= 0.6 is 0 Å². The Morgan fingerprint density at radius 2 is 1.25 bits per heavy atom. The zero-order valence-electron chi connectivity index (χ0n) is 38.1. The summed E-state index contributed by atoms with van der Waals surface area (Å²) in [6, 6.07) is 9.77. The third kappa shape index (κ3) is 13.7. The third-order valence-electron chi connectivity index (χ3n) is 12.8. The molecule has 350 valence electrons. The zero-order valence-corrected chi connectivity index (χ0v) is 38.1. The van der Waals surface area contributed by atoms with E-state index in [9.17, 15) is 38.7 Å². The van der Waals surface area contributed by atoms with E-state index in [2.05, 4.69) is 31.9 Å². The Kier molecular flexibility index (Phi) is 16.1. The number of carbonyl (C=O) groups is 7. The highest BCUT2D eigenvalue weighted by molar-refractivity contribution is 5.99. The summed E-state index contributed by atoms with van der Waals surface area (Å²) in [4.78, 5) is 96.3. The van der Waals surface area contributed by atoms with E-state index in [0.29, 0.717) is 41.7 Å². The van der Waals surface area contributed by atoms with E-state index >= 15 is 0 Å². The molecule has 16 nitrogen and oxygen atoms in total. The van der Waals surface area contributed by atoms with E-state index in [1.165, 1.54) is 45.2 Å². The molecule has 2 aromatic carbocycles. The van der Waals surface area contributed by atoms with E-state index in [1.807, 2.05) is 56.5 Å². The van der Waals surface area contributed by atoms with Crippen LogP contribution in [0.3, 0.4) is 0 Å². The van der Waals surface area contributed by atoms with Gasteiger partial charge in [-0.05, 0) is 118 Å². The van der Waals surface area contributed by atoms with Crippen molar-refractivity contribution < 1.29 is 43.4 Å². The molecule has 0 radical (unpaired) electrons.